The second-order valence-corrected chi connectivity index (χ2v) is 7.07. The first kappa shape index (κ1) is 19.0. The van der Waals surface area contributed by atoms with Crippen LogP contribution in [0.4, 0.5) is 4.79 Å². The number of ether oxygens (including phenoxy) is 1. The smallest absolute Gasteiger partial charge is 0.407 e. The first-order valence-electron chi connectivity index (χ1n) is 8.80. The van der Waals surface area contributed by atoms with Gasteiger partial charge in [0.1, 0.15) is 5.60 Å². The lowest BCUT2D eigenvalue weighted by Gasteiger charge is -2.23. The highest BCUT2D eigenvalue weighted by Crippen LogP contribution is 2.12. The van der Waals surface area contributed by atoms with Crippen molar-refractivity contribution in [1.82, 2.24) is 20.5 Å². The summed E-state index contributed by atoms with van der Waals surface area (Å²) in [5.41, 5.74) is 0.446. The number of nitrogens with one attached hydrogen (secondary N) is 2. The zero-order chi connectivity index (χ0) is 18.3. The molecular weight excluding hydrogens is 318 g/mol. The van der Waals surface area contributed by atoms with E-state index in [1.807, 2.05) is 45.9 Å². The van der Waals surface area contributed by atoms with Crippen molar-refractivity contribution in [2.24, 2.45) is 4.99 Å². The minimum atomic E-state index is -0.485. The minimum Gasteiger partial charge on any atom is -0.444 e. The zero-order valence-corrected chi connectivity index (χ0v) is 15.6. The van der Waals surface area contributed by atoms with E-state index < -0.39 is 5.60 Å². The van der Waals surface area contributed by atoms with Crippen LogP contribution in [0.2, 0.25) is 0 Å². The van der Waals surface area contributed by atoms with Gasteiger partial charge in [-0.05, 0) is 46.2 Å². The van der Waals surface area contributed by atoms with Gasteiger partial charge in [-0.25, -0.2) is 9.79 Å². The first-order valence-corrected chi connectivity index (χ1v) is 8.80. The predicted molar refractivity (Wildman–Crippen MR) is 98.4 cm³/mol. The predicted octanol–water partition coefficient (Wildman–Crippen LogP) is 2.15. The Hall–Kier alpha value is -2.31. The molecule has 1 aliphatic rings. The summed E-state index contributed by atoms with van der Waals surface area (Å²) in [6, 6.07) is 5.88. The summed E-state index contributed by atoms with van der Waals surface area (Å²) in [4.78, 5) is 23.0. The third-order valence-electron chi connectivity index (χ3n) is 3.66. The number of hydrogen-bond donors (Lipinski definition) is 2. The lowest BCUT2D eigenvalue weighted by atomic mass is 10.2. The topological polar surface area (TPSA) is 78.9 Å². The summed E-state index contributed by atoms with van der Waals surface area (Å²) in [6.07, 6.45) is 2.27. The molecule has 2 N–H and O–H groups in total. The first-order chi connectivity index (χ1) is 11.9. The van der Waals surface area contributed by atoms with E-state index in [1.54, 1.807) is 6.20 Å². The van der Waals surface area contributed by atoms with Crippen molar-refractivity contribution in [2.45, 2.75) is 52.3 Å². The molecule has 1 amide bonds. The van der Waals surface area contributed by atoms with Crippen LogP contribution in [0.15, 0.2) is 29.4 Å². The van der Waals surface area contributed by atoms with Gasteiger partial charge >= 0.3 is 6.09 Å². The molecule has 1 atom stereocenters. The number of pyridine rings is 1. The van der Waals surface area contributed by atoms with Gasteiger partial charge in [-0.1, -0.05) is 6.07 Å². The van der Waals surface area contributed by atoms with Crippen LogP contribution >= 0.6 is 0 Å². The molecule has 7 nitrogen and oxygen atoms in total. The maximum absolute atomic E-state index is 11.9. The third kappa shape index (κ3) is 6.60. The molecule has 1 aromatic rings. The quantitative estimate of drug-likeness (QED) is 0.644. The van der Waals surface area contributed by atoms with E-state index >= 15 is 0 Å². The summed E-state index contributed by atoms with van der Waals surface area (Å²) >= 11 is 0. The summed E-state index contributed by atoms with van der Waals surface area (Å²) in [5.74, 6) is 0.849. The Morgan fingerprint density at radius 1 is 1.44 bits per heavy atom. The molecule has 0 aromatic carbocycles. The fraction of sp³-hybridized carbons (Fsp3) is 0.611. The monoisotopic (exact) mass is 347 g/mol. The average molecular weight is 347 g/mol. The number of hydrogen-bond acceptors (Lipinski definition) is 4. The van der Waals surface area contributed by atoms with Crippen molar-refractivity contribution in [3.63, 3.8) is 0 Å². The Morgan fingerprint density at radius 2 is 2.24 bits per heavy atom. The van der Waals surface area contributed by atoms with Gasteiger partial charge in [0, 0.05) is 25.8 Å². The standard InChI is InChI=1S/C18H29N5O2/c1-5-19-16(21-12-14-8-6-7-10-20-14)23-11-9-15(13-23)22-17(24)25-18(2,3)4/h6-8,10,15H,5,9,11-13H2,1-4H3,(H,19,21)(H,22,24). The summed E-state index contributed by atoms with van der Waals surface area (Å²) in [5, 5.41) is 6.25. The number of carbonyl (C=O) groups is 1. The molecule has 1 fully saturated rings. The van der Waals surface area contributed by atoms with Crippen LogP contribution in [0.3, 0.4) is 0 Å². The molecule has 1 saturated heterocycles. The second kappa shape index (κ2) is 8.69. The van der Waals surface area contributed by atoms with E-state index in [2.05, 4.69) is 25.5 Å². The van der Waals surface area contributed by atoms with Crippen LogP contribution in [0.5, 0.6) is 0 Å². The number of aliphatic imine (C=N–C) groups is 1. The van der Waals surface area contributed by atoms with Gasteiger partial charge < -0.3 is 20.3 Å². The molecule has 0 aliphatic carbocycles. The zero-order valence-electron chi connectivity index (χ0n) is 15.6. The van der Waals surface area contributed by atoms with Crippen LogP contribution in [0.25, 0.3) is 0 Å². The molecule has 0 spiro atoms. The molecule has 25 heavy (non-hydrogen) atoms. The van der Waals surface area contributed by atoms with E-state index in [0.29, 0.717) is 13.1 Å². The fourth-order valence-electron chi connectivity index (χ4n) is 2.62. The molecule has 138 valence electrons. The van der Waals surface area contributed by atoms with E-state index in [1.165, 1.54) is 0 Å². The Balaban J connectivity index is 1.91. The maximum Gasteiger partial charge on any atom is 0.407 e. The number of rotatable bonds is 4. The van der Waals surface area contributed by atoms with Crippen LogP contribution in [-0.4, -0.2) is 53.2 Å². The van der Waals surface area contributed by atoms with Gasteiger partial charge in [-0.2, -0.15) is 0 Å². The molecule has 0 radical (unpaired) electrons. The van der Waals surface area contributed by atoms with Crippen LogP contribution < -0.4 is 10.6 Å². The number of nitrogens with zero attached hydrogens (tertiary/aromatic N) is 3. The second-order valence-electron chi connectivity index (χ2n) is 7.07. The third-order valence-corrected chi connectivity index (χ3v) is 3.66. The lowest BCUT2D eigenvalue weighted by molar-refractivity contribution is 0.0507. The number of guanidine groups is 1. The molecule has 1 aliphatic heterocycles. The number of alkyl carbamates (subject to hydrolysis) is 1. The van der Waals surface area contributed by atoms with Crippen molar-refractivity contribution in [3.05, 3.63) is 30.1 Å². The molecule has 7 heteroatoms. The number of likely N-dealkylation sites (tertiary alicyclic amines) is 1. The highest BCUT2D eigenvalue weighted by molar-refractivity contribution is 5.80. The fourth-order valence-corrected chi connectivity index (χ4v) is 2.62. The molecule has 0 saturated carbocycles. The molecule has 2 rings (SSSR count). The largest absolute Gasteiger partial charge is 0.444 e. The highest BCUT2D eigenvalue weighted by Gasteiger charge is 2.27. The Labute approximate surface area is 149 Å². The SMILES string of the molecule is CCNC(=NCc1ccccn1)N1CCC(NC(=O)OC(C)(C)C)C1. The normalized spacial score (nSPS) is 18.2. The average Bonchev–Trinajstić information content (AvgIpc) is 2.98. The molecule has 1 aromatic heterocycles. The van der Waals surface area contributed by atoms with E-state index in [9.17, 15) is 4.79 Å². The summed E-state index contributed by atoms with van der Waals surface area (Å²) in [6.45, 7) is 10.5. The molecular formula is C18H29N5O2. The highest BCUT2D eigenvalue weighted by atomic mass is 16.6. The van der Waals surface area contributed by atoms with E-state index in [-0.39, 0.29) is 12.1 Å². The number of aromatic nitrogens is 1. The molecule has 1 unspecified atom stereocenters. The van der Waals surface area contributed by atoms with Crippen molar-refractivity contribution in [3.8, 4) is 0 Å². The van der Waals surface area contributed by atoms with Crippen LogP contribution in [0, 0.1) is 0 Å². The molecule has 0 bridgehead atoms. The minimum absolute atomic E-state index is 0.0635. The van der Waals surface area contributed by atoms with Gasteiger partial charge in [0.2, 0.25) is 0 Å². The van der Waals surface area contributed by atoms with Gasteiger partial charge in [0.15, 0.2) is 5.96 Å². The van der Waals surface area contributed by atoms with Gasteiger partial charge in [-0.3, -0.25) is 4.98 Å². The van der Waals surface area contributed by atoms with Crippen molar-refractivity contribution < 1.29 is 9.53 Å². The molecule has 2 heterocycles. The van der Waals surface area contributed by atoms with Crippen LogP contribution in [0.1, 0.15) is 39.8 Å². The van der Waals surface area contributed by atoms with Crippen LogP contribution in [-0.2, 0) is 11.3 Å². The number of carbonyl (C=O) groups excluding carboxylic acids is 1. The van der Waals surface area contributed by atoms with Gasteiger partial charge in [-0.15, -0.1) is 0 Å². The Kier molecular flexibility index (Phi) is 6.61. The number of amides is 1. The Morgan fingerprint density at radius 3 is 2.88 bits per heavy atom. The maximum atomic E-state index is 11.9. The van der Waals surface area contributed by atoms with E-state index in [4.69, 9.17) is 4.74 Å². The Bertz CT molecular complexity index is 583. The lowest BCUT2D eigenvalue weighted by Crippen LogP contribution is -2.44. The van der Waals surface area contributed by atoms with Crippen molar-refractivity contribution in [1.29, 1.82) is 0 Å². The van der Waals surface area contributed by atoms with Gasteiger partial charge in [0.25, 0.3) is 0 Å². The van der Waals surface area contributed by atoms with E-state index in [0.717, 1.165) is 31.2 Å². The summed E-state index contributed by atoms with van der Waals surface area (Å²) in [7, 11) is 0. The van der Waals surface area contributed by atoms with Crippen molar-refractivity contribution in [2.75, 3.05) is 19.6 Å². The van der Waals surface area contributed by atoms with Crippen molar-refractivity contribution >= 4 is 12.1 Å². The van der Waals surface area contributed by atoms with Gasteiger partial charge in [0.05, 0.1) is 18.3 Å². The summed E-state index contributed by atoms with van der Waals surface area (Å²) < 4.78 is 5.33.